The molecule has 0 unspecified atom stereocenters. The van der Waals surface area contributed by atoms with Gasteiger partial charge in [-0.25, -0.2) is 0 Å². The van der Waals surface area contributed by atoms with Gasteiger partial charge in [-0.3, -0.25) is 4.79 Å². The number of carbonyl (C=O) groups is 1. The fourth-order valence-electron chi connectivity index (χ4n) is 0.535. The molecule has 0 rings (SSSR count). The molecule has 0 radical (unpaired) electrons. The molecule has 1 heteroatoms. The second kappa shape index (κ2) is 4.12. The van der Waals surface area contributed by atoms with Gasteiger partial charge in [0.2, 0.25) is 0 Å². The third-order valence-electron chi connectivity index (χ3n) is 1.04. The number of rotatable bonds is 2. The van der Waals surface area contributed by atoms with Crippen molar-refractivity contribution in [1.29, 1.82) is 0 Å². The van der Waals surface area contributed by atoms with Crippen LogP contribution in [0.1, 0.15) is 27.7 Å². The molecule has 0 aromatic heterocycles. The van der Waals surface area contributed by atoms with E-state index in [2.05, 4.69) is 26.8 Å². The molecule has 0 bridgehead atoms. The maximum atomic E-state index is 10.4. The van der Waals surface area contributed by atoms with E-state index in [0.717, 1.165) is 0 Å². The number of carbonyl (C=O) groups excluding carboxylic acids is 1. The second-order valence-corrected chi connectivity index (χ2v) is 3.69. The molecular weight excluding hydrogens is 136 g/mol. The van der Waals surface area contributed by atoms with Gasteiger partial charge >= 0.3 is 0 Å². The highest BCUT2D eigenvalue weighted by Gasteiger charge is 2.01. The zero-order chi connectivity index (χ0) is 8.91. The van der Waals surface area contributed by atoms with Gasteiger partial charge in [-0.05, 0) is 18.4 Å². The monoisotopic (exact) mass is 152 g/mol. The summed E-state index contributed by atoms with van der Waals surface area (Å²) in [5.41, 5.74) is 0.196. The number of ketones is 1. The summed E-state index contributed by atoms with van der Waals surface area (Å²) < 4.78 is 0. The lowest BCUT2D eigenvalue weighted by Gasteiger charge is -2.09. The summed E-state index contributed by atoms with van der Waals surface area (Å²) in [6.45, 7) is 7.89. The summed E-state index contributed by atoms with van der Waals surface area (Å²) in [5, 5.41) is 0. The van der Waals surface area contributed by atoms with Crippen LogP contribution in [-0.4, -0.2) is 5.78 Å². The van der Waals surface area contributed by atoms with E-state index >= 15 is 0 Å². The smallest absolute Gasteiger partial charge is 0.152 e. The fraction of sp³-hybridized carbons (Fsp3) is 0.500. The highest BCUT2D eigenvalue weighted by molar-refractivity contribution is 5.87. The molecule has 0 saturated heterocycles. The average molecular weight is 152 g/mol. The van der Waals surface area contributed by atoms with Crippen LogP contribution in [0, 0.1) is 5.41 Å². The van der Waals surface area contributed by atoms with Crippen molar-refractivity contribution < 1.29 is 4.79 Å². The molecule has 0 N–H and O–H groups in total. The first-order chi connectivity index (χ1) is 4.92. The van der Waals surface area contributed by atoms with Crippen LogP contribution in [0.3, 0.4) is 0 Å². The molecule has 62 valence electrons. The van der Waals surface area contributed by atoms with E-state index < -0.39 is 0 Å². The molecule has 1 nitrogen and oxygen atoms in total. The molecular formula is C10H16O. The fourth-order valence-corrected chi connectivity index (χ4v) is 0.535. The number of hydrogen-bond donors (Lipinski definition) is 0. The zero-order valence-electron chi connectivity index (χ0n) is 7.72. The van der Waals surface area contributed by atoms with Gasteiger partial charge < -0.3 is 0 Å². The molecule has 0 aliphatic rings. The molecule has 0 aliphatic heterocycles. The van der Waals surface area contributed by atoms with E-state index in [0.29, 0.717) is 0 Å². The van der Waals surface area contributed by atoms with Gasteiger partial charge in [0.05, 0.1) is 0 Å². The quantitative estimate of drug-likeness (QED) is 0.439. The van der Waals surface area contributed by atoms with Gasteiger partial charge in [-0.15, -0.1) is 0 Å². The molecule has 0 fully saturated rings. The Kier molecular flexibility index (Phi) is 3.80. The highest BCUT2D eigenvalue weighted by atomic mass is 16.1. The third kappa shape index (κ3) is 9.15. The minimum atomic E-state index is 0.0866. The number of hydrogen-bond acceptors (Lipinski definition) is 1. The van der Waals surface area contributed by atoms with Crippen molar-refractivity contribution in [2.75, 3.05) is 0 Å². The molecule has 0 saturated carbocycles. The van der Waals surface area contributed by atoms with Crippen molar-refractivity contribution in [3.63, 3.8) is 0 Å². The summed E-state index contributed by atoms with van der Waals surface area (Å²) >= 11 is 0. The summed E-state index contributed by atoms with van der Waals surface area (Å²) in [4.78, 5) is 10.4. The maximum Gasteiger partial charge on any atom is 0.152 e. The normalized spacial score (nSPS) is 13.1. The summed E-state index contributed by atoms with van der Waals surface area (Å²) in [5.74, 6) is 0.0866. The van der Waals surface area contributed by atoms with E-state index in [1.54, 1.807) is 19.1 Å². The van der Waals surface area contributed by atoms with Crippen molar-refractivity contribution >= 4 is 5.78 Å². The lowest BCUT2D eigenvalue weighted by molar-refractivity contribution is -0.112. The molecule has 0 aromatic carbocycles. The Morgan fingerprint density at radius 1 is 1.18 bits per heavy atom. The van der Waals surface area contributed by atoms with Gasteiger partial charge in [0.1, 0.15) is 0 Å². The second-order valence-electron chi connectivity index (χ2n) is 3.69. The molecule has 0 aliphatic carbocycles. The minimum Gasteiger partial charge on any atom is -0.295 e. The van der Waals surface area contributed by atoms with Crippen molar-refractivity contribution in [3.8, 4) is 0 Å². The maximum absolute atomic E-state index is 10.4. The standard InChI is InChI=1S/C10H16O/c1-9(11)7-5-6-8-10(2,3)4/h5-8H,1-4H3/b7-5-,8-6+. The van der Waals surface area contributed by atoms with Crippen LogP contribution in [0.2, 0.25) is 0 Å². The van der Waals surface area contributed by atoms with Crippen LogP contribution < -0.4 is 0 Å². The zero-order valence-corrected chi connectivity index (χ0v) is 7.72. The van der Waals surface area contributed by atoms with Crippen LogP contribution in [0.15, 0.2) is 24.3 Å². The van der Waals surface area contributed by atoms with Crippen LogP contribution in [-0.2, 0) is 4.79 Å². The summed E-state index contributed by atoms with van der Waals surface area (Å²) in [7, 11) is 0. The summed E-state index contributed by atoms with van der Waals surface area (Å²) in [6.07, 6.45) is 7.30. The van der Waals surface area contributed by atoms with E-state index in [1.807, 2.05) is 6.08 Å². The lowest BCUT2D eigenvalue weighted by atomic mass is 9.96. The van der Waals surface area contributed by atoms with Crippen molar-refractivity contribution in [2.24, 2.45) is 5.41 Å². The summed E-state index contributed by atoms with van der Waals surface area (Å²) in [6, 6.07) is 0. The highest BCUT2D eigenvalue weighted by Crippen LogP contribution is 2.13. The Hall–Kier alpha value is -0.850. The molecule has 0 spiro atoms. The molecule has 0 amide bonds. The van der Waals surface area contributed by atoms with Crippen LogP contribution in [0.4, 0.5) is 0 Å². The Labute approximate surface area is 68.8 Å². The van der Waals surface area contributed by atoms with Crippen molar-refractivity contribution in [1.82, 2.24) is 0 Å². The van der Waals surface area contributed by atoms with Gasteiger partial charge in [-0.1, -0.05) is 39.0 Å². The predicted molar refractivity (Wildman–Crippen MR) is 48.4 cm³/mol. The van der Waals surface area contributed by atoms with Crippen molar-refractivity contribution in [3.05, 3.63) is 24.3 Å². The Morgan fingerprint density at radius 3 is 2.09 bits per heavy atom. The van der Waals surface area contributed by atoms with Crippen LogP contribution in [0.25, 0.3) is 0 Å². The van der Waals surface area contributed by atoms with Gasteiger partial charge in [0.25, 0.3) is 0 Å². The van der Waals surface area contributed by atoms with E-state index in [-0.39, 0.29) is 11.2 Å². The SMILES string of the molecule is CC(=O)/C=C\C=C\C(C)(C)C. The Morgan fingerprint density at radius 2 is 1.73 bits per heavy atom. The largest absolute Gasteiger partial charge is 0.295 e. The van der Waals surface area contributed by atoms with Crippen molar-refractivity contribution in [2.45, 2.75) is 27.7 Å². The molecule has 0 atom stereocenters. The Balaban J connectivity index is 3.88. The third-order valence-corrected chi connectivity index (χ3v) is 1.04. The molecule has 0 aromatic rings. The van der Waals surface area contributed by atoms with Gasteiger partial charge in [0.15, 0.2) is 5.78 Å². The van der Waals surface area contributed by atoms with E-state index in [4.69, 9.17) is 0 Å². The first-order valence-corrected chi connectivity index (χ1v) is 3.78. The van der Waals surface area contributed by atoms with E-state index in [1.165, 1.54) is 0 Å². The average Bonchev–Trinajstić information content (AvgIpc) is 1.78. The van der Waals surface area contributed by atoms with Crippen LogP contribution >= 0.6 is 0 Å². The van der Waals surface area contributed by atoms with E-state index in [9.17, 15) is 4.79 Å². The van der Waals surface area contributed by atoms with Gasteiger partial charge in [0, 0.05) is 0 Å². The minimum absolute atomic E-state index is 0.0866. The first kappa shape index (κ1) is 10.2. The Bertz CT molecular complexity index is 180. The first-order valence-electron chi connectivity index (χ1n) is 3.78. The van der Waals surface area contributed by atoms with Gasteiger partial charge in [-0.2, -0.15) is 0 Å². The molecule has 0 heterocycles. The van der Waals surface area contributed by atoms with Crippen LogP contribution in [0.5, 0.6) is 0 Å². The lowest BCUT2D eigenvalue weighted by Crippen LogP contribution is -1.97. The molecule has 11 heavy (non-hydrogen) atoms. The predicted octanol–water partition coefficient (Wildman–Crippen LogP) is 2.73. The number of allylic oxidation sites excluding steroid dienone is 4. The topological polar surface area (TPSA) is 17.1 Å².